The second-order valence-electron chi connectivity index (χ2n) is 2.98. The molecule has 0 saturated heterocycles. The van der Waals surface area contributed by atoms with Crippen LogP contribution in [0.15, 0.2) is 0 Å². The summed E-state index contributed by atoms with van der Waals surface area (Å²) in [7, 11) is -2.78. The molecule has 0 fully saturated rings. The van der Waals surface area contributed by atoms with Gasteiger partial charge in [-0.2, -0.15) is 0 Å². The molecule has 0 aliphatic heterocycles. The third-order valence-electron chi connectivity index (χ3n) is 1.69. The van der Waals surface area contributed by atoms with Crippen LogP contribution >= 0.6 is 7.59 Å². The van der Waals surface area contributed by atoms with Gasteiger partial charge < -0.3 is 0 Å². The van der Waals surface area contributed by atoms with Gasteiger partial charge in [-0.05, 0) is 13.8 Å². The van der Waals surface area contributed by atoms with Crippen molar-refractivity contribution in [1.82, 2.24) is 9.76 Å². The minimum atomic E-state index is -2.78. The maximum absolute atomic E-state index is 11.8. The molecule has 1 unspecified atom stereocenters. The Kier molecular flexibility index (Phi) is 5.02. The number of nitrogens with two attached hydrogens (primary N) is 1. The SMILES string of the molecule is CCNP(N)(=O)N(CC)C(C)C. The summed E-state index contributed by atoms with van der Waals surface area (Å²) >= 11 is 0. The molecule has 1 atom stereocenters. The van der Waals surface area contributed by atoms with Gasteiger partial charge in [0, 0.05) is 19.1 Å². The van der Waals surface area contributed by atoms with E-state index in [1.165, 1.54) is 0 Å². The molecule has 0 spiro atoms. The van der Waals surface area contributed by atoms with E-state index in [0.29, 0.717) is 13.1 Å². The molecule has 0 heterocycles. The Morgan fingerprint density at radius 1 is 1.50 bits per heavy atom. The van der Waals surface area contributed by atoms with E-state index in [-0.39, 0.29) is 6.04 Å². The number of rotatable bonds is 5. The zero-order chi connectivity index (χ0) is 9.78. The van der Waals surface area contributed by atoms with E-state index in [1.807, 2.05) is 27.7 Å². The summed E-state index contributed by atoms with van der Waals surface area (Å²) < 4.78 is 13.6. The summed E-state index contributed by atoms with van der Waals surface area (Å²) in [6.45, 7) is 9.17. The molecule has 0 aliphatic rings. The summed E-state index contributed by atoms with van der Waals surface area (Å²) in [6.07, 6.45) is 0. The Labute approximate surface area is 75.0 Å². The second-order valence-corrected chi connectivity index (χ2v) is 5.06. The summed E-state index contributed by atoms with van der Waals surface area (Å²) in [6, 6.07) is 0.213. The molecule has 0 aromatic rings. The Hall–Kier alpha value is 0.110. The van der Waals surface area contributed by atoms with E-state index >= 15 is 0 Å². The van der Waals surface area contributed by atoms with Crippen LogP contribution in [0.3, 0.4) is 0 Å². The lowest BCUT2D eigenvalue weighted by Gasteiger charge is -2.30. The van der Waals surface area contributed by atoms with E-state index < -0.39 is 7.59 Å². The first-order valence-corrected chi connectivity index (χ1v) is 6.09. The zero-order valence-electron chi connectivity index (χ0n) is 8.37. The van der Waals surface area contributed by atoms with Crippen LogP contribution in [0, 0.1) is 0 Å². The Morgan fingerprint density at radius 3 is 2.25 bits per heavy atom. The Morgan fingerprint density at radius 2 is 2.00 bits per heavy atom. The highest BCUT2D eigenvalue weighted by atomic mass is 31.2. The van der Waals surface area contributed by atoms with Crippen molar-refractivity contribution in [3.05, 3.63) is 0 Å². The molecule has 0 aliphatic carbocycles. The van der Waals surface area contributed by atoms with Gasteiger partial charge in [0.25, 0.3) is 7.59 Å². The first-order chi connectivity index (χ1) is 5.45. The van der Waals surface area contributed by atoms with E-state index in [9.17, 15) is 4.57 Å². The average molecular weight is 193 g/mol. The highest BCUT2D eigenvalue weighted by Gasteiger charge is 2.25. The molecule has 0 saturated carbocycles. The lowest BCUT2D eigenvalue weighted by molar-refractivity contribution is 0.360. The van der Waals surface area contributed by atoms with Gasteiger partial charge >= 0.3 is 0 Å². The third kappa shape index (κ3) is 3.23. The lowest BCUT2D eigenvalue weighted by atomic mass is 10.4. The van der Waals surface area contributed by atoms with Crippen molar-refractivity contribution in [2.24, 2.45) is 5.50 Å². The molecule has 4 nitrogen and oxygen atoms in total. The van der Waals surface area contributed by atoms with Crippen molar-refractivity contribution in [2.75, 3.05) is 13.1 Å². The Bertz CT molecular complexity index is 172. The average Bonchev–Trinajstić information content (AvgIpc) is 1.86. The van der Waals surface area contributed by atoms with Crippen molar-refractivity contribution < 1.29 is 4.57 Å². The molecular formula is C7H20N3OP. The summed E-state index contributed by atoms with van der Waals surface area (Å²) in [5.74, 6) is 0. The van der Waals surface area contributed by atoms with Gasteiger partial charge in [0.15, 0.2) is 0 Å². The van der Waals surface area contributed by atoms with Crippen LogP contribution < -0.4 is 10.6 Å². The van der Waals surface area contributed by atoms with E-state index in [4.69, 9.17) is 5.50 Å². The minimum absolute atomic E-state index is 0.213. The van der Waals surface area contributed by atoms with Gasteiger partial charge in [0.2, 0.25) is 0 Å². The van der Waals surface area contributed by atoms with E-state index in [2.05, 4.69) is 5.09 Å². The van der Waals surface area contributed by atoms with Crippen molar-refractivity contribution in [1.29, 1.82) is 0 Å². The molecule has 0 radical (unpaired) electrons. The first-order valence-electron chi connectivity index (χ1n) is 4.36. The van der Waals surface area contributed by atoms with Crippen LogP contribution in [0.2, 0.25) is 0 Å². The third-order valence-corrected chi connectivity index (χ3v) is 3.96. The number of hydrogen-bond acceptors (Lipinski definition) is 1. The highest BCUT2D eigenvalue weighted by molar-refractivity contribution is 7.56. The maximum atomic E-state index is 11.8. The predicted molar refractivity (Wildman–Crippen MR) is 53.0 cm³/mol. The largest absolute Gasteiger partial charge is 0.279 e. The molecule has 5 heteroatoms. The topological polar surface area (TPSA) is 58.4 Å². The van der Waals surface area contributed by atoms with E-state index in [1.54, 1.807) is 4.67 Å². The first kappa shape index (κ1) is 12.1. The van der Waals surface area contributed by atoms with Crippen molar-refractivity contribution >= 4 is 7.59 Å². The van der Waals surface area contributed by atoms with Gasteiger partial charge in [-0.25, -0.2) is 9.76 Å². The molecule has 0 aromatic carbocycles. The standard InChI is InChI=1S/C7H20N3OP/c1-5-9-12(8,11)10(6-2)7(3)4/h7H,5-6H2,1-4H3,(H3,8,9,11). The van der Waals surface area contributed by atoms with Crippen LogP contribution in [0.25, 0.3) is 0 Å². The van der Waals surface area contributed by atoms with Crippen molar-refractivity contribution in [3.63, 3.8) is 0 Å². The van der Waals surface area contributed by atoms with Crippen LogP contribution in [0.1, 0.15) is 27.7 Å². The quantitative estimate of drug-likeness (QED) is 0.648. The summed E-state index contributed by atoms with van der Waals surface area (Å²) in [5.41, 5.74) is 5.65. The van der Waals surface area contributed by atoms with Gasteiger partial charge in [0.1, 0.15) is 0 Å². The lowest BCUT2D eigenvalue weighted by Crippen LogP contribution is -2.36. The van der Waals surface area contributed by atoms with Crippen LogP contribution in [-0.4, -0.2) is 23.8 Å². The number of hydrogen-bond donors (Lipinski definition) is 2. The van der Waals surface area contributed by atoms with Crippen molar-refractivity contribution in [3.8, 4) is 0 Å². The number of nitrogens with one attached hydrogen (secondary N) is 1. The molecule has 74 valence electrons. The van der Waals surface area contributed by atoms with Gasteiger partial charge in [-0.15, -0.1) is 0 Å². The highest BCUT2D eigenvalue weighted by Crippen LogP contribution is 2.37. The molecule has 3 N–H and O–H groups in total. The molecule has 0 aromatic heterocycles. The summed E-state index contributed by atoms with van der Waals surface area (Å²) in [4.78, 5) is 0. The molecule has 0 rings (SSSR count). The maximum Gasteiger partial charge on any atom is 0.279 e. The van der Waals surface area contributed by atoms with Gasteiger partial charge in [-0.1, -0.05) is 13.8 Å². The van der Waals surface area contributed by atoms with Gasteiger partial charge in [0.05, 0.1) is 0 Å². The van der Waals surface area contributed by atoms with Crippen LogP contribution in [0.4, 0.5) is 0 Å². The molecule has 0 bridgehead atoms. The van der Waals surface area contributed by atoms with Crippen LogP contribution in [-0.2, 0) is 4.57 Å². The smallest absolute Gasteiger partial charge is 0.271 e. The minimum Gasteiger partial charge on any atom is -0.271 e. The Balaban J connectivity index is 4.37. The predicted octanol–water partition coefficient (Wildman–Crippen LogP) is 1.39. The van der Waals surface area contributed by atoms with Crippen LogP contribution in [0.5, 0.6) is 0 Å². The van der Waals surface area contributed by atoms with Crippen molar-refractivity contribution in [2.45, 2.75) is 33.7 Å². The second kappa shape index (κ2) is 4.97. The normalized spacial score (nSPS) is 16.9. The monoisotopic (exact) mass is 193 g/mol. The molecular weight excluding hydrogens is 173 g/mol. The summed E-state index contributed by atoms with van der Waals surface area (Å²) in [5, 5.41) is 2.81. The van der Waals surface area contributed by atoms with Gasteiger partial charge in [-0.3, -0.25) is 10.1 Å². The van der Waals surface area contributed by atoms with E-state index in [0.717, 1.165) is 0 Å². The molecule has 12 heavy (non-hydrogen) atoms. The fourth-order valence-electron chi connectivity index (χ4n) is 1.24. The zero-order valence-corrected chi connectivity index (χ0v) is 9.27. The molecule has 0 amide bonds. The fraction of sp³-hybridized carbons (Fsp3) is 1.00. The fourth-order valence-corrected chi connectivity index (χ4v) is 2.98. The number of nitrogens with zero attached hydrogens (tertiary/aromatic N) is 1.